The molecule has 0 radical (unpaired) electrons. The summed E-state index contributed by atoms with van der Waals surface area (Å²) in [5.41, 5.74) is 3.89. The molecule has 0 aliphatic rings. The molecule has 144 valence electrons. The Morgan fingerprint density at radius 1 is 0.704 bits per heavy atom. The number of oxazole rings is 2. The van der Waals surface area contributed by atoms with Crippen molar-refractivity contribution in [1.29, 1.82) is 0 Å². The summed E-state index contributed by atoms with van der Waals surface area (Å²) in [5.74, 6) is 0.986. The van der Waals surface area contributed by atoms with E-state index in [0.717, 1.165) is 17.1 Å². The molecule has 0 spiro atoms. The number of pyridine rings is 1. The second-order valence-corrected chi connectivity index (χ2v) is 9.07. The van der Waals surface area contributed by atoms with Gasteiger partial charge in [-0.05, 0) is 12.1 Å². The average molecular weight is 368 g/mol. The zero-order chi connectivity index (χ0) is 20.0. The van der Waals surface area contributed by atoms with Gasteiger partial charge in [-0.1, -0.05) is 41.5 Å². The van der Waals surface area contributed by atoms with Crippen molar-refractivity contribution in [3.63, 3.8) is 0 Å². The molecule has 0 unspecified atom stereocenters. The molecule has 3 aromatic heterocycles. The molecular formula is C21H28N4O2. The second kappa shape index (κ2) is 6.51. The lowest BCUT2D eigenvalue weighted by molar-refractivity contribution is 0.542. The van der Waals surface area contributed by atoms with Crippen LogP contribution < -0.4 is 4.90 Å². The van der Waals surface area contributed by atoms with Gasteiger partial charge >= 0.3 is 0 Å². The zero-order valence-corrected chi connectivity index (χ0v) is 17.4. The number of anilines is 1. The highest BCUT2D eigenvalue weighted by Gasteiger charge is 2.23. The van der Waals surface area contributed by atoms with Crippen LogP contribution in [-0.2, 0) is 10.8 Å². The third-order valence-corrected chi connectivity index (χ3v) is 4.31. The SMILES string of the molecule is CN(C)c1cc(-c2nc(C(C)(C)C)co2)nc(-c2nc(C(C)(C)C)co2)c1. The van der Waals surface area contributed by atoms with Crippen LogP contribution in [0.1, 0.15) is 52.9 Å². The standard InChI is InChI=1S/C21H28N4O2/c1-20(2,3)16-11-26-18(23-16)14-9-13(25(7)8)10-15(22-14)19-24-17(12-27-19)21(4,5)6/h9-12H,1-8H3. The molecule has 0 atom stereocenters. The molecule has 6 nitrogen and oxygen atoms in total. The minimum atomic E-state index is -0.0894. The number of hydrogen-bond donors (Lipinski definition) is 0. The van der Waals surface area contributed by atoms with E-state index >= 15 is 0 Å². The van der Waals surface area contributed by atoms with Crippen molar-refractivity contribution in [2.24, 2.45) is 0 Å². The molecule has 3 aromatic rings. The lowest BCUT2D eigenvalue weighted by atomic mass is 9.93. The van der Waals surface area contributed by atoms with Crippen LogP contribution in [0, 0.1) is 0 Å². The maximum Gasteiger partial charge on any atom is 0.245 e. The fourth-order valence-corrected chi connectivity index (χ4v) is 2.47. The molecule has 0 saturated heterocycles. The van der Waals surface area contributed by atoms with Crippen LogP contribution in [-0.4, -0.2) is 29.0 Å². The molecule has 0 N–H and O–H groups in total. The third-order valence-electron chi connectivity index (χ3n) is 4.31. The number of rotatable bonds is 3. The summed E-state index contributed by atoms with van der Waals surface area (Å²) in [4.78, 5) is 16.0. The van der Waals surface area contributed by atoms with Gasteiger partial charge in [0, 0.05) is 30.6 Å². The van der Waals surface area contributed by atoms with Crippen LogP contribution in [0.2, 0.25) is 0 Å². The first-order valence-electron chi connectivity index (χ1n) is 9.07. The second-order valence-electron chi connectivity index (χ2n) is 9.07. The van der Waals surface area contributed by atoms with Crippen LogP contribution in [0.4, 0.5) is 5.69 Å². The van der Waals surface area contributed by atoms with Crippen LogP contribution >= 0.6 is 0 Å². The van der Waals surface area contributed by atoms with Gasteiger partial charge in [0.05, 0.1) is 11.4 Å². The third kappa shape index (κ3) is 4.04. The highest BCUT2D eigenvalue weighted by Crippen LogP contribution is 2.31. The lowest BCUT2D eigenvalue weighted by Gasteiger charge is -2.14. The topological polar surface area (TPSA) is 68.2 Å². The number of aromatic nitrogens is 3. The molecule has 0 fully saturated rings. The Labute approximate surface area is 160 Å². The Bertz CT molecular complexity index is 869. The zero-order valence-electron chi connectivity index (χ0n) is 17.4. The molecule has 27 heavy (non-hydrogen) atoms. The summed E-state index contributed by atoms with van der Waals surface area (Å²) in [6, 6.07) is 3.91. The minimum Gasteiger partial charge on any atom is -0.443 e. The Balaban J connectivity index is 2.08. The van der Waals surface area contributed by atoms with Crippen molar-refractivity contribution in [1.82, 2.24) is 15.0 Å². The Morgan fingerprint density at radius 3 is 1.41 bits per heavy atom. The molecule has 6 heteroatoms. The Kier molecular flexibility index (Phi) is 4.62. The van der Waals surface area contributed by atoms with Crippen LogP contribution in [0.25, 0.3) is 23.2 Å². The quantitative estimate of drug-likeness (QED) is 0.644. The van der Waals surface area contributed by atoms with E-state index in [9.17, 15) is 0 Å². The first-order chi connectivity index (χ1) is 12.4. The van der Waals surface area contributed by atoms with Gasteiger partial charge in [-0.25, -0.2) is 15.0 Å². The van der Waals surface area contributed by atoms with E-state index < -0.39 is 0 Å². The van der Waals surface area contributed by atoms with Crippen molar-refractivity contribution >= 4 is 5.69 Å². The van der Waals surface area contributed by atoms with Gasteiger partial charge in [-0.2, -0.15) is 0 Å². The van der Waals surface area contributed by atoms with Crippen LogP contribution in [0.5, 0.6) is 0 Å². The van der Waals surface area contributed by atoms with E-state index in [1.807, 2.05) is 31.1 Å². The molecule has 0 saturated carbocycles. The summed E-state index contributed by atoms with van der Waals surface area (Å²) in [6.07, 6.45) is 3.39. The molecule has 0 amide bonds. The maximum atomic E-state index is 5.72. The van der Waals surface area contributed by atoms with Crippen molar-refractivity contribution in [3.8, 4) is 23.2 Å². The van der Waals surface area contributed by atoms with Crippen LogP contribution in [0.15, 0.2) is 33.5 Å². The largest absolute Gasteiger partial charge is 0.443 e. The first kappa shape index (κ1) is 19.1. The molecule has 0 aliphatic heterocycles. The van der Waals surface area contributed by atoms with Gasteiger partial charge in [0.1, 0.15) is 23.9 Å². The predicted molar refractivity (Wildman–Crippen MR) is 107 cm³/mol. The summed E-state index contributed by atoms with van der Waals surface area (Å²) < 4.78 is 11.4. The van der Waals surface area contributed by atoms with Crippen LogP contribution in [0.3, 0.4) is 0 Å². The van der Waals surface area contributed by atoms with E-state index in [-0.39, 0.29) is 10.8 Å². The number of hydrogen-bond acceptors (Lipinski definition) is 6. The van der Waals surface area contributed by atoms with Gasteiger partial charge in [0.2, 0.25) is 11.8 Å². The maximum absolute atomic E-state index is 5.72. The van der Waals surface area contributed by atoms with Crippen molar-refractivity contribution in [2.45, 2.75) is 52.4 Å². The van der Waals surface area contributed by atoms with Gasteiger partial charge in [0.25, 0.3) is 0 Å². The van der Waals surface area contributed by atoms with E-state index in [1.165, 1.54) is 0 Å². The first-order valence-corrected chi connectivity index (χ1v) is 9.07. The molecule has 3 rings (SSSR count). The highest BCUT2D eigenvalue weighted by atomic mass is 16.3. The fraction of sp³-hybridized carbons (Fsp3) is 0.476. The smallest absolute Gasteiger partial charge is 0.245 e. The molecular weight excluding hydrogens is 340 g/mol. The van der Waals surface area contributed by atoms with Crippen molar-refractivity contribution in [2.75, 3.05) is 19.0 Å². The fourth-order valence-electron chi connectivity index (χ4n) is 2.47. The highest BCUT2D eigenvalue weighted by molar-refractivity contribution is 5.66. The normalized spacial score (nSPS) is 12.4. The van der Waals surface area contributed by atoms with Gasteiger partial charge in [-0.3, -0.25) is 0 Å². The summed E-state index contributed by atoms with van der Waals surface area (Å²) >= 11 is 0. The summed E-state index contributed by atoms with van der Waals surface area (Å²) in [5, 5.41) is 0. The van der Waals surface area contributed by atoms with Crippen molar-refractivity contribution in [3.05, 3.63) is 36.0 Å². The van der Waals surface area contributed by atoms with E-state index in [4.69, 9.17) is 13.8 Å². The number of nitrogens with zero attached hydrogens (tertiary/aromatic N) is 4. The van der Waals surface area contributed by atoms with E-state index in [1.54, 1.807) is 12.5 Å². The Morgan fingerprint density at radius 2 is 1.11 bits per heavy atom. The van der Waals surface area contributed by atoms with Gasteiger partial charge in [0.15, 0.2) is 0 Å². The van der Waals surface area contributed by atoms with Gasteiger partial charge < -0.3 is 13.7 Å². The molecule has 0 aliphatic carbocycles. The monoisotopic (exact) mass is 368 g/mol. The summed E-state index contributed by atoms with van der Waals surface area (Å²) in [7, 11) is 3.96. The predicted octanol–water partition coefficient (Wildman–Crippen LogP) is 5.05. The minimum absolute atomic E-state index is 0.0894. The van der Waals surface area contributed by atoms with Crippen molar-refractivity contribution < 1.29 is 8.83 Å². The average Bonchev–Trinajstić information content (AvgIpc) is 3.23. The molecule has 3 heterocycles. The molecule has 0 bridgehead atoms. The van der Waals surface area contributed by atoms with E-state index in [2.05, 4.69) is 51.5 Å². The summed E-state index contributed by atoms with van der Waals surface area (Å²) in [6.45, 7) is 12.6. The lowest BCUT2D eigenvalue weighted by Crippen LogP contribution is -2.12. The molecule has 0 aromatic carbocycles. The van der Waals surface area contributed by atoms with Gasteiger partial charge in [-0.15, -0.1) is 0 Å². The van der Waals surface area contributed by atoms with E-state index in [0.29, 0.717) is 23.2 Å². The Hall–Kier alpha value is -2.63.